The first kappa shape index (κ1) is 14.6. The van der Waals surface area contributed by atoms with Gasteiger partial charge >= 0.3 is 0 Å². The molecule has 0 saturated carbocycles. The molecule has 0 bridgehead atoms. The molecule has 2 aromatic rings. The molecular formula is C19H24N3+. The normalized spacial score (nSPS) is 12.7. The molecule has 0 radical (unpaired) electrons. The summed E-state index contributed by atoms with van der Waals surface area (Å²) in [6, 6.07) is 8.94. The van der Waals surface area contributed by atoms with Gasteiger partial charge in [-0.15, -0.1) is 0 Å². The molecule has 0 N–H and O–H groups in total. The molecule has 0 heterocycles. The van der Waals surface area contributed by atoms with Crippen LogP contribution >= 0.6 is 0 Å². The largest absolute Gasteiger partial charge is 0.377 e. The second-order valence-corrected chi connectivity index (χ2v) is 6.46. The third kappa shape index (κ3) is 2.08. The lowest BCUT2D eigenvalue weighted by Gasteiger charge is -2.24. The second-order valence-electron chi connectivity index (χ2n) is 6.46. The van der Waals surface area contributed by atoms with Crippen molar-refractivity contribution in [3.63, 3.8) is 0 Å². The van der Waals surface area contributed by atoms with E-state index >= 15 is 0 Å². The van der Waals surface area contributed by atoms with Crippen LogP contribution in [0.3, 0.4) is 0 Å². The maximum Gasteiger partial charge on any atom is 0.207 e. The fourth-order valence-corrected chi connectivity index (χ4v) is 3.25. The molecule has 114 valence electrons. The number of rotatable bonds is 2. The van der Waals surface area contributed by atoms with E-state index in [1.165, 1.54) is 39.0 Å². The first-order valence-electron chi connectivity index (χ1n) is 7.59. The smallest absolute Gasteiger partial charge is 0.207 e. The maximum atomic E-state index is 2.25. The van der Waals surface area contributed by atoms with Gasteiger partial charge in [-0.3, -0.25) is 0 Å². The van der Waals surface area contributed by atoms with Crippen LogP contribution in [0.2, 0.25) is 0 Å². The average Bonchev–Trinajstić information content (AvgIpc) is 2.46. The molecule has 3 nitrogen and oxygen atoms in total. The van der Waals surface area contributed by atoms with E-state index in [-0.39, 0.29) is 0 Å². The van der Waals surface area contributed by atoms with Crippen molar-refractivity contribution in [3.8, 4) is 0 Å². The Hall–Kier alpha value is -2.29. The lowest BCUT2D eigenvalue weighted by atomic mass is 9.89. The predicted octanol–water partition coefficient (Wildman–Crippen LogP) is 3.06. The van der Waals surface area contributed by atoms with Gasteiger partial charge in [0.05, 0.1) is 5.56 Å². The summed E-state index contributed by atoms with van der Waals surface area (Å²) >= 11 is 0. The van der Waals surface area contributed by atoms with Gasteiger partial charge < -0.3 is 9.80 Å². The summed E-state index contributed by atoms with van der Waals surface area (Å²) in [5, 5.41) is 2.66. The molecule has 0 spiro atoms. The quantitative estimate of drug-likeness (QED) is 0.788. The number of hydrogen-bond donors (Lipinski definition) is 0. The van der Waals surface area contributed by atoms with Gasteiger partial charge in [0.1, 0.15) is 14.1 Å². The van der Waals surface area contributed by atoms with Crippen molar-refractivity contribution in [2.45, 2.75) is 0 Å². The molecule has 2 aromatic carbocycles. The highest BCUT2D eigenvalue weighted by Gasteiger charge is 2.22. The number of nitrogens with zero attached hydrogens (tertiary/aromatic N) is 3. The van der Waals surface area contributed by atoms with Gasteiger partial charge in [0.2, 0.25) is 5.71 Å². The van der Waals surface area contributed by atoms with Crippen LogP contribution in [0.15, 0.2) is 30.3 Å². The van der Waals surface area contributed by atoms with Crippen molar-refractivity contribution in [1.82, 2.24) is 0 Å². The maximum absolute atomic E-state index is 2.25. The van der Waals surface area contributed by atoms with Crippen molar-refractivity contribution >= 4 is 33.9 Å². The molecule has 0 atom stereocenters. The SMILES string of the molecule is CN(C)c1ccc2c(N(C)C)ccc3c2c1C=CC3=[N+](C)C. The fourth-order valence-electron chi connectivity index (χ4n) is 3.25. The number of hydrogen-bond acceptors (Lipinski definition) is 2. The fraction of sp³-hybridized carbons (Fsp3) is 0.316. The lowest BCUT2D eigenvalue weighted by molar-refractivity contribution is -0.462. The molecule has 0 saturated heterocycles. The van der Waals surface area contributed by atoms with E-state index in [1.807, 2.05) is 0 Å². The lowest BCUT2D eigenvalue weighted by Crippen LogP contribution is -2.18. The summed E-state index contributed by atoms with van der Waals surface area (Å²) in [7, 11) is 12.6. The van der Waals surface area contributed by atoms with Crippen LogP contribution in [0.5, 0.6) is 0 Å². The van der Waals surface area contributed by atoms with Crippen LogP contribution in [0.25, 0.3) is 16.8 Å². The van der Waals surface area contributed by atoms with Gasteiger partial charge in [-0.1, -0.05) is 6.07 Å². The van der Waals surface area contributed by atoms with E-state index in [9.17, 15) is 0 Å². The predicted molar refractivity (Wildman–Crippen MR) is 97.9 cm³/mol. The van der Waals surface area contributed by atoms with Crippen molar-refractivity contribution < 1.29 is 4.58 Å². The van der Waals surface area contributed by atoms with E-state index < -0.39 is 0 Å². The first-order chi connectivity index (χ1) is 10.4. The third-order valence-electron chi connectivity index (χ3n) is 4.30. The van der Waals surface area contributed by atoms with Crippen LogP contribution < -0.4 is 9.80 Å². The number of benzene rings is 2. The van der Waals surface area contributed by atoms with E-state index in [4.69, 9.17) is 0 Å². The Morgan fingerprint density at radius 3 is 2.00 bits per heavy atom. The monoisotopic (exact) mass is 294 g/mol. The molecule has 3 heteroatoms. The summed E-state index contributed by atoms with van der Waals surface area (Å²) in [5.74, 6) is 0. The van der Waals surface area contributed by atoms with Gasteiger partial charge in [-0.2, -0.15) is 0 Å². The Morgan fingerprint density at radius 2 is 1.41 bits per heavy atom. The molecule has 1 aliphatic rings. The minimum Gasteiger partial charge on any atom is -0.377 e. The Morgan fingerprint density at radius 1 is 0.773 bits per heavy atom. The number of allylic oxidation sites excluding steroid dienone is 1. The standard InChI is InChI=1S/C19H24N3/c1-20(2)16-10-7-14-18(22(5)6)12-9-15-17(21(3)4)11-8-13(16)19(14)15/h7-12H,1-6H3/q+1. The summed E-state index contributed by atoms with van der Waals surface area (Å²) in [4.78, 5) is 4.37. The van der Waals surface area contributed by atoms with E-state index in [1.54, 1.807) is 0 Å². The molecule has 0 aliphatic heterocycles. The molecule has 0 amide bonds. The number of anilines is 2. The Balaban J connectivity index is 2.48. The van der Waals surface area contributed by atoms with Gasteiger partial charge in [0.15, 0.2) is 0 Å². The topological polar surface area (TPSA) is 9.49 Å². The van der Waals surface area contributed by atoms with Crippen molar-refractivity contribution in [2.75, 3.05) is 52.1 Å². The van der Waals surface area contributed by atoms with E-state index in [0.29, 0.717) is 0 Å². The highest BCUT2D eigenvalue weighted by Crippen LogP contribution is 2.38. The van der Waals surface area contributed by atoms with E-state index in [0.717, 1.165) is 0 Å². The highest BCUT2D eigenvalue weighted by molar-refractivity contribution is 6.23. The van der Waals surface area contributed by atoms with Gasteiger partial charge in [0, 0.05) is 62.0 Å². The van der Waals surface area contributed by atoms with Crippen LogP contribution in [0, 0.1) is 0 Å². The summed E-state index contributed by atoms with van der Waals surface area (Å²) in [5.41, 5.74) is 6.41. The van der Waals surface area contributed by atoms with Gasteiger partial charge in [-0.25, -0.2) is 4.58 Å². The Labute approximate surface area is 132 Å². The zero-order valence-electron chi connectivity index (χ0n) is 14.3. The van der Waals surface area contributed by atoms with Gasteiger partial charge in [-0.05, 0) is 24.3 Å². The molecule has 22 heavy (non-hydrogen) atoms. The molecular weight excluding hydrogens is 270 g/mol. The van der Waals surface area contributed by atoms with Crippen LogP contribution in [0.4, 0.5) is 11.4 Å². The molecule has 1 aliphatic carbocycles. The summed E-state index contributed by atoms with van der Waals surface area (Å²) < 4.78 is 2.19. The van der Waals surface area contributed by atoms with Crippen LogP contribution in [-0.4, -0.2) is 52.6 Å². The average molecular weight is 294 g/mol. The Kier molecular flexibility index (Phi) is 3.44. The zero-order chi connectivity index (χ0) is 16.0. The zero-order valence-corrected chi connectivity index (χ0v) is 14.3. The van der Waals surface area contributed by atoms with Crippen molar-refractivity contribution in [1.29, 1.82) is 0 Å². The minimum atomic E-state index is 1.26. The Bertz CT molecular complexity index is 807. The minimum absolute atomic E-state index is 1.26. The van der Waals surface area contributed by atoms with Crippen LogP contribution in [0.1, 0.15) is 11.1 Å². The third-order valence-corrected chi connectivity index (χ3v) is 4.30. The molecule has 0 aromatic heterocycles. The van der Waals surface area contributed by atoms with Gasteiger partial charge in [0.25, 0.3) is 0 Å². The summed E-state index contributed by atoms with van der Waals surface area (Å²) in [6.07, 6.45) is 4.47. The summed E-state index contributed by atoms with van der Waals surface area (Å²) in [6.45, 7) is 0. The van der Waals surface area contributed by atoms with Crippen molar-refractivity contribution in [3.05, 3.63) is 41.5 Å². The van der Waals surface area contributed by atoms with E-state index in [2.05, 4.69) is 93.1 Å². The first-order valence-corrected chi connectivity index (χ1v) is 7.59. The van der Waals surface area contributed by atoms with Crippen LogP contribution in [-0.2, 0) is 0 Å². The van der Waals surface area contributed by atoms with Crippen molar-refractivity contribution in [2.24, 2.45) is 0 Å². The molecule has 0 fully saturated rings. The molecule has 0 unspecified atom stereocenters. The highest BCUT2D eigenvalue weighted by atomic mass is 15.1. The molecule has 3 rings (SSSR count). The second kappa shape index (κ2) is 5.16.